The molecule has 1 amide bonds. The Hall–Kier alpha value is -3.97. The van der Waals surface area contributed by atoms with Crippen molar-refractivity contribution in [2.75, 3.05) is 23.9 Å². The van der Waals surface area contributed by atoms with Crippen molar-refractivity contribution >= 4 is 34.3 Å². The van der Waals surface area contributed by atoms with Crippen LogP contribution in [0.3, 0.4) is 0 Å². The minimum atomic E-state index is -0.895. The molecular formula is C27H26N4O4. The van der Waals surface area contributed by atoms with Gasteiger partial charge in [-0.3, -0.25) is 4.79 Å². The van der Waals surface area contributed by atoms with Gasteiger partial charge in [0.25, 0.3) is 5.91 Å². The third kappa shape index (κ3) is 4.08. The van der Waals surface area contributed by atoms with Crippen LogP contribution in [0.2, 0.25) is 0 Å². The van der Waals surface area contributed by atoms with Gasteiger partial charge in [0.2, 0.25) is 0 Å². The summed E-state index contributed by atoms with van der Waals surface area (Å²) in [4.78, 5) is 35.1. The van der Waals surface area contributed by atoms with E-state index in [2.05, 4.69) is 15.3 Å². The van der Waals surface area contributed by atoms with E-state index >= 15 is 0 Å². The largest absolute Gasteiger partial charge is 0.388 e. The Bertz CT molecular complexity index is 1410. The normalized spacial score (nSPS) is 20.0. The summed E-state index contributed by atoms with van der Waals surface area (Å²) >= 11 is 0. The van der Waals surface area contributed by atoms with Gasteiger partial charge in [-0.2, -0.15) is 0 Å². The first kappa shape index (κ1) is 22.8. The number of methoxy groups -OCH3 is 1. The Balaban J connectivity index is 1.52. The van der Waals surface area contributed by atoms with Gasteiger partial charge in [0.05, 0.1) is 34.2 Å². The zero-order valence-corrected chi connectivity index (χ0v) is 19.5. The number of benzene rings is 2. The minimum absolute atomic E-state index is 0.236. The second-order valence-electron chi connectivity index (χ2n) is 8.65. The summed E-state index contributed by atoms with van der Waals surface area (Å²) in [5.41, 5.74) is 4.81. The molecule has 8 nitrogen and oxygen atoms in total. The maximum Gasteiger partial charge on any atom is 0.254 e. The molecule has 1 aliphatic heterocycles. The average Bonchev–Trinajstić information content (AvgIpc) is 3.18. The number of hydrogen-bond acceptors (Lipinski definition) is 6. The van der Waals surface area contributed by atoms with E-state index in [4.69, 9.17) is 4.74 Å². The molecule has 0 fully saturated rings. The molecule has 5 rings (SSSR count). The number of aliphatic hydroxyl groups excluding tert-OH is 1. The van der Waals surface area contributed by atoms with Gasteiger partial charge in [0.1, 0.15) is 23.4 Å². The molecule has 2 heterocycles. The number of H-pyrrole nitrogens is 1. The number of nitrogens with zero attached hydrogens (tertiary/aromatic N) is 2. The summed E-state index contributed by atoms with van der Waals surface area (Å²) in [6.45, 7) is 2.46. The number of rotatable bonds is 4. The second-order valence-corrected chi connectivity index (χ2v) is 8.65. The lowest BCUT2D eigenvalue weighted by Crippen LogP contribution is -2.35. The lowest BCUT2D eigenvalue weighted by atomic mass is 9.92. The Labute approximate surface area is 202 Å². The van der Waals surface area contributed by atoms with Gasteiger partial charge in [0.15, 0.2) is 0 Å². The SMILES string of the molecule is COC1C(=C=O)C(N2CCCC(O)c3ccccc32)=CC=C1C(=O)Nc1cccc2[nH]c(C)nc12. The van der Waals surface area contributed by atoms with Crippen LogP contribution < -0.4 is 10.2 Å². The molecule has 1 aliphatic carbocycles. The Morgan fingerprint density at radius 1 is 1.23 bits per heavy atom. The number of fused-ring (bicyclic) bond motifs is 2. The van der Waals surface area contributed by atoms with Crippen LogP contribution >= 0.6 is 0 Å². The number of amides is 1. The van der Waals surface area contributed by atoms with E-state index in [0.29, 0.717) is 35.4 Å². The first-order valence-electron chi connectivity index (χ1n) is 11.5. The van der Waals surface area contributed by atoms with Crippen molar-refractivity contribution in [1.82, 2.24) is 9.97 Å². The predicted octanol–water partition coefficient (Wildman–Crippen LogP) is 3.74. The fraction of sp³-hybridized carbons (Fsp3) is 0.259. The number of aliphatic hydroxyl groups is 1. The van der Waals surface area contributed by atoms with Crippen LogP contribution in [0.25, 0.3) is 11.0 Å². The molecule has 0 bridgehead atoms. The summed E-state index contributed by atoms with van der Waals surface area (Å²) < 4.78 is 5.65. The molecule has 3 N–H and O–H groups in total. The average molecular weight is 471 g/mol. The number of aromatic nitrogens is 2. The summed E-state index contributed by atoms with van der Waals surface area (Å²) in [5, 5.41) is 13.5. The van der Waals surface area contributed by atoms with Crippen LogP contribution in [0.1, 0.15) is 30.3 Å². The number of nitrogens with one attached hydrogen (secondary N) is 2. The first-order valence-corrected chi connectivity index (χ1v) is 11.5. The van der Waals surface area contributed by atoms with Crippen molar-refractivity contribution in [2.45, 2.75) is 32.0 Å². The number of allylic oxidation sites excluding steroid dienone is 2. The summed E-state index contributed by atoms with van der Waals surface area (Å²) in [5.74, 6) is 2.38. The smallest absolute Gasteiger partial charge is 0.254 e. The van der Waals surface area contributed by atoms with Crippen molar-refractivity contribution in [1.29, 1.82) is 0 Å². The zero-order chi connectivity index (χ0) is 24.5. The summed E-state index contributed by atoms with van der Waals surface area (Å²) in [6.07, 6.45) is 3.32. The molecule has 1 aromatic heterocycles. The number of aryl methyl sites for hydroxylation is 1. The molecule has 8 heteroatoms. The van der Waals surface area contributed by atoms with Crippen LogP contribution in [0, 0.1) is 6.92 Å². The van der Waals surface area contributed by atoms with Gasteiger partial charge in [-0.1, -0.05) is 24.3 Å². The van der Waals surface area contributed by atoms with Crippen molar-refractivity contribution in [3.63, 3.8) is 0 Å². The number of carbonyl (C=O) groups is 1. The number of aromatic amines is 1. The van der Waals surface area contributed by atoms with Crippen molar-refractivity contribution in [3.05, 3.63) is 82.8 Å². The highest BCUT2D eigenvalue weighted by molar-refractivity contribution is 6.09. The predicted molar refractivity (Wildman–Crippen MR) is 134 cm³/mol. The first-order chi connectivity index (χ1) is 17.0. The minimum Gasteiger partial charge on any atom is -0.388 e. The lowest BCUT2D eigenvalue weighted by Gasteiger charge is -2.33. The molecule has 2 aliphatic rings. The molecule has 2 unspecified atom stereocenters. The van der Waals surface area contributed by atoms with E-state index in [1.54, 1.807) is 18.2 Å². The number of anilines is 2. The van der Waals surface area contributed by atoms with Crippen LogP contribution in [0.5, 0.6) is 0 Å². The van der Waals surface area contributed by atoms with Gasteiger partial charge >= 0.3 is 0 Å². The van der Waals surface area contributed by atoms with Crippen LogP contribution in [-0.2, 0) is 14.3 Å². The maximum absolute atomic E-state index is 13.3. The Morgan fingerprint density at radius 2 is 2.06 bits per heavy atom. The van der Waals surface area contributed by atoms with E-state index in [1.165, 1.54) is 7.11 Å². The third-order valence-corrected chi connectivity index (χ3v) is 6.47. The molecule has 0 spiro atoms. The van der Waals surface area contributed by atoms with Crippen molar-refractivity contribution in [3.8, 4) is 0 Å². The van der Waals surface area contributed by atoms with E-state index in [0.717, 1.165) is 29.0 Å². The standard InChI is InChI=1S/C27H26N4O4/c1-16-28-20-8-5-9-21(25(20)29-16)30-27(34)18-12-13-23(19(15-32)26(18)35-2)31-14-6-11-24(33)17-7-3-4-10-22(17)31/h3-5,7-10,12-13,24,26,33H,6,11,14H2,1-2H3,(H,28,29)(H,30,34). The molecule has 0 saturated heterocycles. The number of hydrogen-bond donors (Lipinski definition) is 3. The van der Waals surface area contributed by atoms with Crippen molar-refractivity contribution in [2.24, 2.45) is 0 Å². The highest BCUT2D eigenvalue weighted by Gasteiger charge is 2.34. The third-order valence-electron chi connectivity index (χ3n) is 6.47. The van der Waals surface area contributed by atoms with Crippen LogP contribution in [0.4, 0.5) is 11.4 Å². The maximum atomic E-state index is 13.3. The molecule has 35 heavy (non-hydrogen) atoms. The second kappa shape index (κ2) is 9.35. The summed E-state index contributed by atoms with van der Waals surface area (Å²) in [7, 11) is 1.46. The van der Waals surface area contributed by atoms with E-state index in [-0.39, 0.29) is 11.5 Å². The number of para-hydroxylation sites is 2. The number of imidazole rings is 1. The molecule has 2 atom stereocenters. The molecule has 0 saturated carbocycles. The van der Waals surface area contributed by atoms with Crippen LogP contribution in [-0.4, -0.2) is 46.7 Å². The van der Waals surface area contributed by atoms with Gasteiger partial charge in [-0.25, -0.2) is 9.78 Å². The van der Waals surface area contributed by atoms with Gasteiger partial charge in [-0.15, -0.1) is 0 Å². The quantitative estimate of drug-likeness (QED) is 0.502. The van der Waals surface area contributed by atoms with E-state index in [9.17, 15) is 14.7 Å². The van der Waals surface area contributed by atoms with Crippen LogP contribution in [0.15, 0.2) is 71.5 Å². The highest BCUT2D eigenvalue weighted by atomic mass is 16.5. The van der Waals surface area contributed by atoms with Crippen molar-refractivity contribution < 1.29 is 19.4 Å². The topological polar surface area (TPSA) is 108 Å². The number of carbonyl (C=O) groups excluding carboxylic acids is 2. The van der Waals surface area contributed by atoms with Gasteiger partial charge < -0.3 is 25.0 Å². The van der Waals surface area contributed by atoms with Gasteiger partial charge in [-0.05, 0) is 50.1 Å². The molecule has 0 radical (unpaired) electrons. The fourth-order valence-corrected chi connectivity index (χ4v) is 4.85. The molecule has 2 aromatic carbocycles. The lowest BCUT2D eigenvalue weighted by molar-refractivity contribution is -0.113. The number of ether oxygens (including phenoxy) is 1. The molecular weight excluding hydrogens is 444 g/mol. The Morgan fingerprint density at radius 3 is 2.86 bits per heavy atom. The monoisotopic (exact) mass is 470 g/mol. The van der Waals surface area contributed by atoms with E-state index in [1.807, 2.05) is 54.2 Å². The molecule has 178 valence electrons. The fourth-order valence-electron chi connectivity index (χ4n) is 4.85. The van der Waals surface area contributed by atoms with E-state index < -0.39 is 12.2 Å². The molecule has 3 aromatic rings. The van der Waals surface area contributed by atoms with Gasteiger partial charge in [0, 0.05) is 24.9 Å². The highest BCUT2D eigenvalue weighted by Crippen LogP contribution is 2.38. The Kier molecular flexibility index (Phi) is 6.09. The summed E-state index contributed by atoms with van der Waals surface area (Å²) in [6, 6.07) is 13.1. The zero-order valence-electron chi connectivity index (χ0n) is 19.5.